The van der Waals surface area contributed by atoms with Crippen LogP contribution in [0.3, 0.4) is 0 Å². The third-order valence-corrected chi connectivity index (χ3v) is 5.06. The molecule has 9 heavy (non-hydrogen) atoms. The number of thioether (sulfide) groups is 1. The Morgan fingerprint density at radius 1 is 1.56 bits per heavy atom. The van der Waals surface area contributed by atoms with Gasteiger partial charge in [0.05, 0.1) is 14.8 Å². The Morgan fingerprint density at radius 3 is 2.67 bits per heavy atom. The van der Waals surface area contributed by atoms with Crippen LogP contribution < -0.4 is 0 Å². The molecule has 0 radical (unpaired) electrons. The summed E-state index contributed by atoms with van der Waals surface area (Å²) in [5.41, 5.74) is 0. The van der Waals surface area contributed by atoms with Crippen molar-refractivity contribution in [2.24, 2.45) is 0 Å². The Kier molecular flexibility index (Phi) is 2.61. The summed E-state index contributed by atoms with van der Waals surface area (Å²) in [6, 6.07) is 0. The van der Waals surface area contributed by atoms with Gasteiger partial charge in [-0.05, 0) is 25.5 Å². The summed E-state index contributed by atoms with van der Waals surface area (Å²) in [5.74, 6) is 0. The van der Waals surface area contributed by atoms with E-state index >= 15 is 0 Å². The zero-order chi connectivity index (χ0) is 6.74. The van der Waals surface area contributed by atoms with E-state index in [1.165, 1.54) is 29.5 Å². The molecule has 0 N–H and O–H groups in total. The highest BCUT2D eigenvalue weighted by molar-refractivity contribution is 8.00. The molecular formula is C6H14OSSi. The van der Waals surface area contributed by atoms with E-state index < -0.39 is 0 Å². The van der Waals surface area contributed by atoms with Gasteiger partial charge in [-0.2, -0.15) is 0 Å². The molecule has 0 aliphatic carbocycles. The van der Waals surface area contributed by atoms with Crippen LogP contribution in [0.1, 0.15) is 19.3 Å². The average Bonchev–Trinajstić information content (AvgIpc) is 1.90. The first-order valence-electron chi connectivity index (χ1n) is 3.46. The third kappa shape index (κ3) is 1.99. The van der Waals surface area contributed by atoms with Crippen LogP contribution in [0.4, 0.5) is 0 Å². The highest BCUT2D eigenvalue weighted by Crippen LogP contribution is 2.30. The number of rotatable bonds is 1. The van der Waals surface area contributed by atoms with E-state index in [1.807, 2.05) is 11.8 Å². The minimum absolute atomic E-state index is 0.276. The molecule has 1 heterocycles. The summed E-state index contributed by atoms with van der Waals surface area (Å²) in [7, 11) is 1.17. The number of ether oxygens (including phenoxy) is 1. The van der Waals surface area contributed by atoms with E-state index in [9.17, 15) is 0 Å². The Labute approximate surface area is 64.0 Å². The number of hydrogen-bond donors (Lipinski definition) is 0. The molecule has 0 spiro atoms. The SMILES string of the molecule is CSC1([SiH3])CCCCO1. The molecule has 1 aliphatic heterocycles. The first kappa shape index (κ1) is 7.63. The van der Waals surface area contributed by atoms with Gasteiger partial charge in [0.1, 0.15) is 0 Å². The summed E-state index contributed by atoms with van der Waals surface area (Å²) < 4.78 is 5.92. The predicted molar refractivity (Wildman–Crippen MR) is 46.0 cm³/mol. The van der Waals surface area contributed by atoms with E-state index in [-0.39, 0.29) is 4.56 Å². The second-order valence-electron chi connectivity index (χ2n) is 2.64. The van der Waals surface area contributed by atoms with Crippen LogP contribution in [0, 0.1) is 0 Å². The molecule has 3 heteroatoms. The average molecular weight is 162 g/mol. The summed E-state index contributed by atoms with van der Waals surface area (Å²) in [6.07, 6.45) is 6.06. The van der Waals surface area contributed by atoms with Gasteiger partial charge in [-0.3, -0.25) is 0 Å². The lowest BCUT2D eigenvalue weighted by Gasteiger charge is -2.32. The van der Waals surface area contributed by atoms with Crippen LogP contribution >= 0.6 is 11.8 Å². The summed E-state index contributed by atoms with van der Waals surface area (Å²) in [6.45, 7) is 0.990. The summed E-state index contributed by atoms with van der Waals surface area (Å²) in [5, 5.41) is 0. The first-order valence-corrected chi connectivity index (χ1v) is 5.68. The van der Waals surface area contributed by atoms with Crippen LogP contribution in [-0.2, 0) is 4.74 Å². The molecule has 1 saturated heterocycles. The molecule has 1 unspecified atom stereocenters. The van der Waals surface area contributed by atoms with Crippen molar-refractivity contribution in [1.82, 2.24) is 0 Å². The molecule has 0 aromatic carbocycles. The zero-order valence-electron chi connectivity index (χ0n) is 6.14. The van der Waals surface area contributed by atoms with E-state index in [0.29, 0.717) is 0 Å². The maximum Gasteiger partial charge on any atom is 0.0908 e. The van der Waals surface area contributed by atoms with Gasteiger partial charge in [-0.25, -0.2) is 0 Å². The van der Waals surface area contributed by atoms with Crippen molar-refractivity contribution in [3.05, 3.63) is 0 Å². The fourth-order valence-corrected chi connectivity index (χ4v) is 2.18. The minimum atomic E-state index is 0.276. The summed E-state index contributed by atoms with van der Waals surface area (Å²) >= 11 is 1.89. The Balaban J connectivity index is 2.37. The Hall–Kier alpha value is 0.527. The van der Waals surface area contributed by atoms with Gasteiger partial charge in [0.15, 0.2) is 0 Å². The second-order valence-corrected chi connectivity index (χ2v) is 6.26. The monoisotopic (exact) mass is 162 g/mol. The fourth-order valence-electron chi connectivity index (χ4n) is 1.07. The van der Waals surface area contributed by atoms with E-state index in [4.69, 9.17) is 4.74 Å². The van der Waals surface area contributed by atoms with Gasteiger partial charge in [-0.1, -0.05) is 0 Å². The molecule has 54 valence electrons. The van der Waals surface area contributed by atoms with E-state index in [0.717, 1.165) is 6.61 Å². The van der Waals surface area contributed by atoms with Gasteiger partial charge in [0, 0.05) is 6.61 Å². The maximum atomic E-state index is 5.64. The van der Waals surface area contributed by atoms with Crippen molar-refractivity contribution in [3.63, 3.8) is 0 Å². The van der Waals surface area contributed by atoms with Gasteiger partial charge in [0.2, 0.25) is 0 Å². The lowest BCUT2D eigenvalue weighted by Crippen LogP contribution is -2.32. The maximum absolute atomic E-state index is 5.64. The Bertz CT molecular complexity index is 91.1. The molecule has 1 fully saturated rings. The van der Waals surface area contributed by atoms with Crippen LogP contribution in [0.5, 0.6) is 0 Å². The van der Waals surface area contributed by atoms with Crippen LogP contribution in [0.2, 0.25) is 0 Å². The summed E-state index contributed by atoms with van der Waals surface area (Å²) in [4.78, 5) is 0. The van der Waals surface area contributed by atoms with Crippen molar-refractivity contribution in [2.75, 3.05) is 12.9 Å². The second kappa shape index (κ2) is 3.08. The molecule has 0 amide bonds. The largest absolute Gasteiger partial charge is 0.369 e. The van der Waals surface area contributed by atoms with Crippen LogP contribution in [-0.4, -0.2) is 27.7 Å². The lowest BCUT2D eigenvalue weighted by atomic mass is 10.2. The first-order chi connectivity index (χ1) is 4.27. The molecule has 0 aromatic rings. The predicted octanol–water partition coefficient (Wildman–Crippen LogP) is 0.569. The normalized spacial score (nSPS) is 37.0. The van der Waals surface area contributed by atoms with Crippen molar-refractivity contribution in [1.29, 1.82) is 0 Å². The van der Waals surface area contributed by atoms with Gasteiger partial charge >= 0.3 is 0 Å². The molecule has 0 aromatic heterocycles. The van der Waals surface area contributed by atoms with Crippen molar-refractivity contribution < 1.29 is 4.74 Å². The molecule has 1 atom stereocenters. The lowest BCUT2D eigenvalue weighted by molar-refractivity contribution is 0.0445. The topological polar surface area (TPSA) is 9.23 Å². The minimum Gasteiger partial charge on any atom is -0.369 e. The highest BCUT2D eigenvalue weighted by atomic mass is 32.2. The van der Waals surface area contributed by atoms with Crippen LogP contribution in [0.25, 0.3) is 0 Å². The molecule has 0 bridgehead atoms. The van der Waals surface area contributed by atoms with Gasteiger partial charge < -0.3 is 4.74 Å². The number of hydrogen-bond acceptors (Lipinski definition) is 2. The highest BCUT2D eigenvalue weighted by Gasteiger charge is 2.25. The smallest absolute Gasteiger partial charge is 0.0908 e. The van der Waals surface area contributed by atoms with E-state index in [2.05, 4.69) is 6.26 Å². The van der Waals surface area contributed by atoms with Crippen molar-refractivity contribution in [2.45, 2.75) is 23.8 Å². The molecule has 1 rings (SSSR count). The van der Waals surface area contributed by atoms with Gasteiger partial charge in [0.25, 0.3) is 0 Å². The standard InChI is InChI=1S/C6H14OSSi/c1-8-6(9)4-2-3-5-7-6/h2-5H2,1,9H3. The molecule has 1 aliphatic rings. The van der Waals surface area contributed by atoms with Gasteiger partial charge in [-0.15, -0.1) is 11.8 Å². The molecule has 1 nitrogen and oxygen atoms in total. The Morgan fingerprint density at radius 2 is 2.33 bits per heavy atom. The quantitative estimate of drug-likeness (QED) is 0.521. The molecular weight excluding hydrogens is 148 g/mol. The van der Waals surface area contributed by atoms with Crippen LogP contribution in [0.15, 0.2) is 0 Å². The zero-order valence-corrected chi connectivity index (χ0v) is 8.96. The van der Waals surface area contributed by atoms with Crippen molar-refractivity contribution in [3.8, 4) is 0 Å². The van der Waals surface area contributed by atoms with Crippen molar-refractivity contribution >= 4 is 22.0 Å². The van der Waals surface area contributed by atoms with E-state index in [1.54, 1.807) is 0 Å². The third-order valence-electron chi connectivity index (χ3n) is 1.86. The fraction of sp³-hybridized carbons (Fsp3) is 1.00. The molecule has 0 saturated carbocycles.